The molecule has 18 heavy (non-hydrogen) atoms. The molecule has 0 aliphatic rings. The second kappa shape index (κ2) is 5.16. The first-order valence-electron chi connectivity index (χ1n) is 5.04. The third-order valence-corrected chi connectivity index (χ3v) is 4.00. The first-order valence-corrected chi connectivity index (χ1v) is 6.65. The molecule has 6 heteroatoms. The second-order valence-corrected chi connectivity index (χ2v) is 5.57. The third kappa shape index (κ3) is 2.30. The lowest BCUT2D eigenvalue weighted by molar-refractivity contribution is 0.0594. The summed E-state index contributed by atoms with van der Waals surface area (Å²) in [6.07, 6.45) is 0. The van der Waals surface area contributed by atoms with Crippen molar-refractivity contribution < 1.29 is 13.9 Å². The summed E-state index contributed by atoms with van der Waals surface area (Å²) >= 11 is 4.54. The Hall–Kier alpha value is -1.27. The number of hydrogen-bond donors (Lipinski definition) is 0. The maximum absolute atomic E-state index is 13.8. The van der Waals surface area contributed by atoms with E-state index in [0.29, 0.717) is 19.9 Å². The Balaban J connectivity index is 2.56. The van der Waals surface area contributed by atoms with Crippen molar-refractivity contribution in [1.29, 1.82) is 0 Å². The number of halogens is 2. The molecule has 0 unspecified atom stereocenters. The zero-order valence-corrected chi connectivity index (χ0v) is 12.1. The minimum atomic E-state index is -0.512. The van der Waals surface area contributed by atoms with E-state index in [9.17, 15) is 9.18 Å². The van der Waals surface area contributed by atoms with Gasteiger partial charge in [0.15, 0.2) is 5.69 Å². The maximum atomic E-state index is 13.8. The van der Waals surface area contributed by atoms with Crippen LogP contribution in [0.15, 0.2) is 22.7 Å². The van der Waals surface area contributed by atoms with E-state index in [2.05, 4.69) is 25.7 Å². The van der Waals surface area contributed by atoms with Gasteiger partial charge >= 0.3 is 5.97 Å². The van der Waals surface area contributed by atoms with Crippen LogP contribution >= 0.6 is 27.3 Å². The number of hydrogen-bond acceptors (Lipinski definition) is 4. The number of methoxy groups -OCH3 is 1. The number of benzene rings is 1. The van der Waals surface area contributed by atoms with Gasteiger partial charge in [-0.05, 0) is 35.0 Å². The predicted molar refractivity (Wildman–Crippen MR) is 71.3 cm³/mol. The molecule has 2 rings (SSSR count). The Morgan fingerprint density at radius 3 is 2.83 bits per heavy atom. The van der Waals surface area contributed by atoms with E-state index in [1.54, 1.807) is 19.1 Å². The number of esters is 1. The molecule has 0 fully saturated rings. The summed E-state index contributed by atoms with van der Waals surface area (Å²) < 4.78 is 19.0. The highest BCUT2D eigenvalue weighted by atomic mass is 79.9. The van der Waals surface area contributed by atoms with Gasteiger partial charge in [0.05, 0.1) is 12.7 Å². The van der Waals surface area contributed by atoms with Gasteiger partial charge in [-0.1, -0.05) is 6.07 Å². The van der Waals surface area contributed by atoms with Gasteiger partial charge in [-0.2, -0.15) is 0 Å². The van der Waals surface area contributed by atoms with E-state index in [1.807, 2.05) is 0 Å². The average molecular weight is 330 g/mol. The topological polar surface area (TPSA) is 39.2 Å². The zero-order chi connectivity index (χ0) is 13.3. The fraction of sp³-hybridized carbons (Fsp3) is 0.167. The van der Waals surface area contributed by atoms with Crippen LogP contribution < -0.4 is 0 Å². The molecule has 1 heterocycles. The summed E-state index contributed by atoms with van der Waals surface area (Å²) in [7, 11) is 1.29. The van der Waals surface area contributed by atoms with Crippen molar-refractivity contribution in [2.45, 2.75) is 6.92 Å². The summed E-state index contributed by atoms with van der Waals surface area (Å²) in [5, 5.41) is 0.456. The van der Waals surface area contributed by atoms with Crippen LogP contribution in [0.1, 0.15) is 15.4 Å². The van der Waals surface area contributed by atoms with E-state index >= 15 is 0 Å². The molecular formula is C12H9BrFNO2S. The summed E-state index contributed by atoms with van der Waals surface area (Å²) in [6, 6.07) is 4.69. The van der Waals surface area contributed by atoms with Crippen LogP contribution in [0.2, 0.25) is 0 Å². The van der Waals surface area contributed by atoms with Gasteiger partial charge in [0, 0.05) is 9.35 Å². The molecule has 0 aliphatic heterocycles. The quantitative estimate of drug-likeness (QED) is 0.786. The summed E-state index contributed by atoms with van der Waals surface area (Å²) in [5.74, 6) is -0.892. The lowest BCUT2D eigenvalue weighted by atomic mass is 10.2. The standard InChI is InChI=1S/C12H9BrFNO2S/c1-6-10(12(16)17-2)15-11(18-6)9-7(13)4-3-5-8(9)14/h3-5H,1-2H3. The van der Waals surface area contributed by atoms with Crippen molar-refractivity contribution in [1.82, 2.24) is 4.98 Å². The monoisotopic (exact) mass is 329 g/mol. The number of ether oxygens (including phenoxy) is 1. The van der Waals surface area contributed by atoms with Gasteiger partial charge in [0.2, 0.25) is 0 Å². The van der Waals surface area contributed by atoms with Crippen molar-refractivity contribution in [3.05, 3.63) is 39.1 Å². The Labute approximate surface area is 116 Å². The van der Waals surface area contributed by atoms with Crippen molar-refractivity contribution >= 4 is 33.2 Å². The van der Waals surface area contributed by atoms with E-state index < -0.39 is 5.97 Å². The molecule has 0 atom stereocenters. The number of thiazole rings is 1. The molecule has 0 aliphatic carbocycles. The number of rotatable bonds is 2. The minimum Gasteiger partial charge on any atom is -0.464 e. The van der Waals surface area contributed by atoms with Crippen LogP contribution in [-0.4, -0.2) is 18.1 Å². The van der Waals surface area contributed by atoms with Gasteiger partial charge in [-0.3, -0.25) is 0 Å². The van der Waals surface area contributed by atoms with E-state index in [4.69, 9.17) is 0 Å². The summed E-state index contributed by atoms with van der Waals surface area (Å²) in [5.41, 5.74) is 0.591. The lowest BCUT2D eigenvalue weighted by Gasteiger charge is -2.01. The van der Waals surface area contributed by atoms with Crippen molar-refractivity contribution in [3.8, 4) is 10.6 Å². The molecule has 0 saturated heterocycles. The molecule has 0 amide bonds. The highest BCUT2D eigenvalue weighted by Gasteiger charge is 2.19. The van der Waals surface area contributed by atoms with Gasteiger partial charge in [-0.15, -0.1) is 11.3 Å². The number of carbonyl (C=O) groups excluding carboxylic acids is 1. The highest BCUT2D eigenvalue weighted by Crippen LogP contribution is 2.34. The van der Waals surface area contributed by atoms with Gasteiger partial charge in [0.25, 0.3) is 0 Å². The first kappa shape index (κ1) is 13.2. The average Bonchev–Trinajstić information content (AvgIpc) is 2.70. The summed E-state index contributed by atoms with van der Waals surface area (Å²) in [4.78, 5) is 16.3. The van der Waals surface area contributed by atoms with Crippen LogP contribution in [0.4, 0.5) is 4.39 Å². The fourth-order valence-electron chi connectivity index (χ4n) is 1.49. The van der Waals surface area contributed by atoms with Gasteiger partial charge in [-0.25, -0.2) is 14.2 Å². The molecule has 3 nitrogen and oxygen atoms in total. The molecular weight excluding hydrogens is 321 g/mol. The Bertz CT molecular complexity index is 592. The Morgan fingerprint density at radius 2 is 2.22 bits per heavy atom. The van der Waals surface area contributed by atoms with Crippen molar-refractivity contribution in [2.24, 2.45) is 0 Å². The van der Waals surface area contributed by atoms with Crippen molar-refractivity contribution in [2.75, 3.05) is 7.11 Å². The molecule has 0 spiro atoms. The number of carbonyl (C=O) groups is 1. The first-order chi connectivity index (χ1) is 8.54. The van der Waals surface area contributed by atoms with Crippen LogP contribution in [0.25, 0.3) is 10.6 Å². The van der Waals surface area contributed by atoms with Crippen LogP contribution in [-0.2, 0) is 4.74 Å². The smallest absolute Gasteiger partial charge is 0.357 e. The zero-order valence-electron chi connectivity index (χ0n) is 9.66. The maximum Gasteiger partial charge on any atom is 0.357 e. The molecule has 1 aromatic carbocycles. The van der Waals surface area contributed by atoms with Crippen LogP contribution in [0.3, 0.4) is 0 Å². The SMILES string of the molecule is COC(=O)c1nc(-c2c(F)cccc2Br)sc1C. The highest BCUT2D eigenvalue weighted by molar-refractivity contribution is 9.10. The van der Waals surface area contributed by atoms with E-state index in [-0.39, 0.29) is 11.5 Å². The number of nitrogens with zero attached hydrogens (tertiary/aromatic N) is 1. The van der Waals surface area contributed by atoms with Crippen LogP contribution in [0.5, 0.6) is 0 Å². The Kier molecular flexibility index (Phi) is 3.77. The van der Waals surface area contributed by atoms with E-state index in [0.717, 1.165) is 0 Å². The van der Waals surface area contributed by atoms with Crippen LogP contribution in [0, 0.1) is 12.7 Å². The second-order valence-electron chi connectivity index (χ2n) is 3.51. The fourth-order valence-corrected chi connectivity index (χ4v) is 3.11. The molecule has 94 valence electrons. The lowest BCUT2D eigenvalue weighted by Crippen LogP contribution is -2.03. The molecule has 0 saturated carbocycles. The van der Waals surface area contributed by atoms with E-state index in [1.165, 1.54) is 24.5 Å². The summed E-state index contributed by atoms with van der Waals surface area (Å²) in [6.45, 7) is 1.75. The number of aromatic nitrogens is 1. The minimum absolute atomic E-state index is 0.229. The molecule has 2 aromatic rings. The third-order valence-electron chi connectivity index (χ3n) is 2.35. The molecule has 0 bridgehead atoms. The normalized spacial score (nSPS) is 10.4. The molecule has 0 radical (unpaired) electrons. The largest absolute Gasteiger partial charge is 0.464 e. The van der Waals surface area contributed by atoms with Crippen molar-refractivity contribution in [3.63, 3.8) is 0 Å². The Morgan fingerprint density at radius 1 is 1.50 bits per heavy atom. The van der Waals surface area contributed by atoms with Gasteiger partial charge in [0.1, 0.15) is 10.8 Å². The number of aryl methyl sites for hydroxylation is 1. The molecule has 0 N–H and O–H groups in total. The van der Waals surface area contributed by atoms with Gasteiger partial charge < -0.3 is 4.74 Å². The molecule has 1 aromatic heterocycles. The predicted octanol–water partition coefficient (Wildman–Crippen LogP) is 3.81.